The fourth-order valence-corrected chi connectivity index (χ4v) is 4.67. The minimum atomic E-state index is -0.126. The first kappa shape index (κ1) is 11.9. The summed E-state index contributed by atoms with van der Waals surface area (Å²) in [5, 5.41) is 9.56. The summed E-state index contributed by atoms with van der Waals surface area (Å²) in [6.45, 7) is 2.19. The predicted octanol–water partition coefficient (Wildman–Crippen LogP) is 2.17. The number of anilines is 1. The summed E-state index contributed by atoms with van der Waals surface area (Å²) >= 11 is 0. The molecule has 4 heteroatoms. The highest BCUT2D eigenvalue weighted by atomic mass is 16.3. The van der Waals surface area contributed by atoms with Gasteiger partial charge in [0.1, 0.15) is 5.75 Å². The number of nitrogens with zero attached hydrogens (tertiary/aromatic N) is 1. The molecule has 4 rings (SSSR count). The van der Waals surface area contributed by atoms with Crippen LogP contribution in [0.5, 0.6) is 5.75 Å². The van der Waals surface area contributed by atoms with Crippen molar-refractivity contribution in [2.45, 2.75) is 19.8 Å². The number of phenols is 1. The van der Waals surface area contributed by atoms with Gasteiger partial charge in [-0.25, -0.2) is 4.90 Å². The van der Waals surface area contributed by atoms with Crippen molar-refractivity contribution < 1.29 is 14.7 Å². The molecule has 1 heterocycles. The van der Waals surface area contributed by atoms with Gasteiger partial charge in [0, 0.05) is 6.07 Å². The monoisotopic (exact) mass is 271 g/mol. The molecule has 0 aromatic heterocycles. The van der Waals surface area contributed by atoms with E-state index < -0.39 is 0 Å². The first-order valence-electron chi connectivity index (χ1n) is 7.25. The molecule has 2 saturated carbocycles. The number of carbonyl (C=O) groups is 2. The molecule has 1 aliphatic heterocycles. The molecule has 0 radical (unpaired) electrons. The number of carbonyl (C=O) groups excluding carboxylic acids is 2. The van der Waals surface area contributed by atoms with Crippen LogP contribution in [0.3, 0.4) is 0 Å². The van der Waals surface area contributed by atoms with Crippen LogP contribution in [0.15, 0.2) is 24.3 Å². The Labute approximate surface area is 117 Å². The van der Waals surface area contributed by atoms with E-state index in [4.69, 9.17) is 0 Å². The van der Waals surface area contributed by atoms with Crippen molar-refractivity contribution >= 4 is 17.5 Å². The molecule has 1 saturated heterocycles. The zero-order valence-electron chi connectivity index (χ0n) is 11.3. The Bertz CT molecular complexity index is 611. The van der Waals surface area contributed by atoms with Gasteiger partial charge < -0.3 is 5.11 Å². The third-order valence-electron chi connectivity index (χ3n) is 5.44. The van der Waals surface area contributed by atoms with Crippen LogP contribution in [-0.4, -0.2) is 16.9 Å². The Hall–Kier alpha value is -1.84. The number of benzene rings is 1. The molecule has 20 heavy (non-hydrogen) atoms. The van der Waals surface area contributed by atoms with E-state index in [1.807, 2.05) is 0 Å². The highest BCUT2D eigenvalue weighted by Gasteiger charge is 2.63. The van der Waals surface area contributed by atoms with Crippen molar-refractivity contribution in [3.63, 3.8) is 0 Å². The van der Waals surface area contributed by atoms with Crippen LogP contribution in [0, 0.1) is 29.6 Å². The highest BCUT2D eigenvalue weighted by Crippen LogP contribution is 2.58. The van der Waals surface area contributed by atoms with Crippen LogP contribution < -0.4 is 4.90 Å². The van der Waals surface area contributed by atoms with Gasteiger partial charge in [-0.1, -0.05) is 13.0 Å². The summed E-state index contributed by atoms with van der Waals surface area (Å²) in [4.78, 5) is 26.6. The Morgan fingerprint density at radius 2 is 1.90 bits per heavy atom. The zero-order chi connectivity index (χ0) is 14.0. The lowest BCUT2D eigenvalue weighted by Gasteiger charge is -2.25. The summed E-state index contributed by atoms with van der Waals surface area (Å²) < 4.78 is 0. The highest BCUT2D eigenvalue weighted by molar-refractivity contribution is 6.22. The number of rotatable bonds is 1. The van der Waals surface area contributed by atoms with E-state index in [9.17, 15) is 14.7 Å². The maximum Gasteiger partial charge on any atom is 0.237 e. The van der Waals surface area contributed by atoms with Gasteiger partial charge in [0.2, 0.25) is 11.8 Å². The average molecular weight is 271 g/mol. The molecule has 5 atom stereocenters. The number of hydrogen-bond donors (Lipinski definition) is 1. The van der Waals surface area contributed by atoms with E-state index in [0.717, 1.165) is 12.8 Å². The maximum absolute atomic E-state index is 12.7. The molecule has 4 nitrogen and oxygen atoms in total. The summed E-state index contributed by atoms with van der Waals surface area (Å²) in [5.74, 6) is 0.987. The van der Waals surface area contributed by atoms with Gasteiger partial charge in [-0.3, -0.25) is 9.59 Å². The number of amides is 2. The first-order valence-corrected chi connectivity index (χ1v) is 7.25. The van der Waals surface area contributed by atoms with E-state index in [0.29, 0.717) is 23.4 Å². The number of fused-ring (bicyclic) bond motifs is 5. The van der Waals surface area contributed by atoms with Crippen molar-refractivity contribution in [1.29, 1.82) is 0 Å². The smallest absolute Gasteiger partial charge is 0.237 e. The summed E-state index contributed by atoms with van der Waals surface area (Å²) in [5.41, 5.74) is 0.501. The van der Waals surface area contributed by atoms with Gasteiger partial charge in [-0.05, 0) is 42.7 Å². The SMILES string of the molecule is CC1CC2CC1C1C(=O)N(c3cccc(O)c3)C(=O)C21. The van der Waals surface area contributed by atoms with Crippen LogP contribution >= 0.6 is 0 Å². The third kappa shape index (κ3) is 1.37. The number of aromatic hydroxyl groups is 1. The molecule has 1 aromatic rings. The summed E-state index contributed by atoms with van der Waals surface area (Å²) in [6.07, 6.45) is 2.10. The van der Waals surface area contributed by atoms with Crippen LogP contribution in [-0.2, 0) is 9.59 Å². The molecule has 104 valence electrons. The van der Waals surface area contributed by atoms with Crippen molar-refractivity contribution in [2.24, 2.45) is 29.6 Å². The largest absolute Gasteiger partial charge is 0.508 e. The third-order valence-corrected chi connectivity index (χ3v) is 5.44. The molecule has 3 fully saturated rings. The van der Waals surface area contributed by atoms with E-state index in [1.165, 1.54) is 11.0 Å². The Morgan fingerprint density at radius 3 is 2.65 bits per heavy atom. The second-order valence-electron chi connectivity index (χ2n) is 6.46. The molecule has 3 aliphatic rings. The van der Waals surface area contributed by atoms with E-state index in [1.54, 1.807) is 18.2 Å². The van der Waals surface area contributed by atoms with Gasteiger partial charge in [-0.15, -0.1) is 0 Å². The minimum Gasteiger partial charge on any atom is -0.508 e. The van der Waals surface area contributed by atoms with Crippen LogP contribution in [0.25, 0.3) is 0 Å². The number of imide groups is 1. The maximum atomic E-state index is 12.7. The van der Waals surface area contributed by atoms with Crippen molar-refractivity contribution in [3.8, 4) is 5.75 Å². The van der Waals surface area contributed by atoms with E-state index >= 15 is 0 Å². The first-order chi connectivity index (χ1) is 9.58. The fourth-order valence-electron chi connectivity index (χ4n) is 4.67. The van der Waals surface area contributed by atoms with Crippen LogP contribution in [0.2, 0.25) is 0 Å². The lowest BCUT2D eigenvalue weighted by Crippen LogP contribution is -2.32. The lowest BCUT2D eigenvalue weighted by atomic mass is 9.76. The van der Waals surface area contributed by atoms with Crippen LogP contribution in [0.1, 0.15) is 19.8 Å². The molecule has 5 unspecified atom stereocenters. The fraction of sp³-hybridized carbons (Fsp3) is 0.500. The minimum absolute atomic E-state index is 0.0648. The molecular weight excluding hydrogens is 254 g/mol. The lowest BCUT2D eigenvalue weighted by molar-refractivity contribution is -0.123. The second kappa shape index (κ2) is 3.84. The number of phenolic OH excluding ortho intramolecular Hbond substituents is 1. The molecule has 2 amide bonds. The molecule has 2 aliphatic carbocycles. The van der Waals surface area contributed by atoms with Gasteiger partial charge in [0.25, 0.3) is 0 Å². The molecule has 1 N–H and O–H groups in total. The average Bonchev–Trinajstić information content (AvgIpc) is 3.01. The predicted molar refractivity (Wildman–Crippen MR) is 73.0 cm³/mol. The van der Waals surface area contributed by atoms with Crippen molar-refractivity contribution in [3.05, 3.63) is 24.3 Å². The van der Waals surface area contributed by atoms with Crippen molar-refractivity contribution in [2.75, 3.05) is 4.90 Å². The molecule has 0 spiro atoms. The number of hydrogen-bond acceptors (Lipinski definition) is 3. The normalized spacial score (nSPS) is 38.6. The topological polar surface area (TPSA) is 57.6 Å². The van der Waals surface area contributed by atoms with Crippen molar-refractivity contribution in [1.82, 2.24) is 0 Å². The van der Waals surface area contributed by atoms with E-state index in [2.05, 4.69) is 6.92 Å². The summed E-state index contributed by atoms with van der Waals surface area (Å²) in [7, 11) is 0. The Morgan fingerprint density at radius 1 is 1.15 bits per heavy atom. The Kier molecular flexibility index (Phi) is 2.29. The molecule has 1 aromatic carbocycles. The van der Waals surface area contributed by atoms with Crippen LogP contribution in [0.4, 0.5) is 5.69 Å². The second-order valence-corrected chi connectivity index (χ2v) is 6.46. The van der Waals surface area contributed by atoms with Gasteiger partial charge >= 0.3 is 0 Å². The van der Waals surface area contributed by atoms with Gasteiger partial charge in [0.15, 0.2) is 0 Å². The molecule has 2 bridgehead atoms. The van der Waals surface area contributed by atoms with E-state index in [-0.39, 0.29) is 29.4 Å². The van der Waals surface area contributed by atoms with Gasteiger partial charge in [-0.2, -0.15) is 0 Å². The Balaban J connectivity index is 1.74. The standard InChI is InChI=1S/C16H17NO3/c1-8-5-9-6-12(8)14-13(9)15(19)17(16(14)20)10-3-2-4-11(18)7-10/h2-4,7-9,12-14,18H,5-6H2,1H3. The zero-order valence-corrected chi connectivity index (χ0v) is 11.3. The molecular formula is C16H17NO3. The summed E-state index contributed by atoms with van der Waals surface area (Å²) in [6, 6.07) is 6.40. The van der Waals surface area contributed by atoms with Gasteiger partial charge in [0.05, 0.1) is 17.5 Å². The quantitative estimate of drug-likeness (QED) is 0.796.